The number of hydrogen-bond acceptors (Lipinski definition) is 3. The zero-order chi connectivity index (χ0) is 19.7. The number of cyclic esters (lactones) is 1. The summed E-state index contributed by atoms with van der Waals surface area (Å²) in [7, 11) is 0. The monoisotopic (exact) mass is 381 g/mol. The number of carbonyl (C=O) groups excluding carboxylic acids is 2. The number of carbonyl (C=O) groups is 2. The van der Waals surface area contributed by atoms with Gasteiger partial charge in [-0.15, -0.1) is 0 Å². The molecule has 7 heteroatoms. The Bertz CT molecular complexity index is 1040. The van der Waals surface area contributed by atoms with Crippen molar-refractivity contribution in [3.05, 3.63) is 59.4 Å². The molecule has 4 rings (SSSR count). The summed E-state index contributed by atoms with van der Waals surface area (Å²) < 4.78 is 18.0. The Balaban J connectivity index is 1.48. The molecule has 0 spiro atoms. The first-order valence-corrected chi connectivity index (χ1v) is 9.07. The van der Waals surface area contributed by atoms with Crippen LogP contribution in [0.1, 0.15) is 11.1 Å². The normalized spacial score (nSPS) is 13.8. The predicted octanol–water partition coefficient (Wildman–Crippen LogP) is 3.35. The molecule has 1 saturated heterocycles. The number of fused-ring (bicyclic) bond motifs is 1. The maximum absolute atomic E-state index is 13.2. The smallest absolute Gasteiger partial charge is 0.410 e. The number of nitrogens with one attached hydrogen (secondary N) is 2. The third-order valence-electron chi connectivity index (χ3n) is 4.92. The Morgan fingerprint density at radius 1 is 1.25 bits per heavy atom. The summed E-state index contributed by atoms with van der Waals surface area (Å²) in [5.41, 5.74) is 4.87. The van der Waals surface area contributed by atoms with Crippen molar-refractivity contribution in [2.75, 3.05) is 19.7 Å². The van der Waals surface area contributed by atoms with Crippen molar-refractivity contribution in [2.45, 2.75) is 13.5 Å². The Kier molecular flexibility index (Phi) is 4.73. The van der Waals surface area contributed by atoms with Gasteiger partial charge in [-0.1, -0.05) is 6.07 Å². The number of hydrogen-bond donors (Lipinski definition) is 2. The molecule has 2 N–H and O–H groups in total. The van der Waals surface area contributed by atoms with Crippen molar-refractivity contribution in [1.29, 1.82) is 0 Å². The van der Waals surface area contributed by atoms with Gasteiger partial charge in [0.1, 0.15) is 19.0 Å². The molecule has 28 heavy (non-hydrogen) atoms. The number of ether oxygens (including phenoxy) is 1. The van der Waals surface area contributed by atoms with Crippen LogP contribution in [-0.4, -0.2) is 41.6 Å². The number of rotatable bonds is 5. The second-order valence-electron chi connectivity index (χ2n) is 6.82. The minimum absolute atomic E-state index is 0.00102. The van der Waals surface area contributed by atoms with Gasteiger partial charge in [-0.3, -0.25) is 9.69 Å². The molecule has 1 aliphatic rings. The average Bonchev–Trinajstić information content (AvgIpc) is 3.24. The van der Waals surface area contributed by atoms with E-state index in [0.717, 1.165) is 33.3 Å². The summed E-state index contributed by atoms with van der Waals surface area (Å²) in [5, 5.41) is 3.89. The van der Waals surface area contributed by atoms with Gasteiger partial charge < -0.3 is 15.0 Å². The Morgan fingerprint density at radius 2 is 2.04 bits per heavy atom. The first-order valence-electron chi connectivity index (χ1n) is 9.07. The van der Waals surface area contributed by atoms with Crippen LogP contribution in [0.15, 0.2) is 42.5 Å². The van der Waals surface area contributed by atoms with Crippen LogP contribution in [0.5, 0.6) is 0 Å². The van der Waals surface area contributed by atoms with Gasteiger partial charge >= 0.3 is 6.09 Å². The highest BCUT2D eigenvalue weighted by Gasteiger charge is 2.23. The summed E-state index contributed by atoms with van der Waals surface area (Å²) in [4.78, 5) is 28.2. The minimum Gasteiger partial charge on any atom is -0.448 e. The molecule has 2 aromatic carbocycles. The second kappa shape index (κ2) is 7.34. The van der Waals surface area contributed by atoms with Crippen molar-refractivity contribution in [2.24, 2.45) is 0 Å². The fraction of sp³-hybridized carbons (Fsp3) is 0.238. The molecule has 6 nitrogen and oxygen atoms in total. The Labute approximate surface area is 161 Å². The van der Waals surface area contributed by atoms with Gasteiger partial charge in [-0.05, 0) is 60.0 Å². The van der Waals surface area contributed by atoms with E-state index < -0.39 is 6.09 Å². The number of halogens is 1. The molecule has 1 aliphatic heterocycles. The molecule has 0 unspecified atom stereocenters. The minimum atomic E-state index is -0.451. The van der Waals surface area contributed by atoms with Gasteiger partial charge in [-0.25, -0.2) is 9.18 Å². The highest BCUT2D eigenvalue weighted by molar-refractivity contribution is 5.91. The number of amides is 2. The lowest BCUT2D eigenvalue weighted by atomic mass is 10.1. The number of benzene rings is 2. The number of aromatic nitrogens is 1. The van der Waals surface area contributed by atoms with Crippen molar-refractivity contribution >= 4 is 22.9 Å². The summed E-state index contributed by atoms with van der Waals surface area (Å²) in [6, 6.07) is 12.3. The summed E-state index contributed by atoms with van der Waals surface area (Å²) in [6.07, 6.45) is -0.451. The molecule has 0 atom stereocenters. The van der Waals surface area contributed by atoms with Gasteiger partial charge in [0.25, 0.3) is 0 Å². The molecule has 144 valence electrons. The molecule has 0 saturated carbocycles. The molecule has 3 aromatic rings. The van der Waals surface area contributed by atoms with Crippen molar-refractivity contribution in [1.82, 2.24) is 15.2 Å². The molecule has 1 fully saturated rings. The molecule has 0 aliphatic carbocycles. The molecule has 1 aromatic heterocycles. The summed E-state index contributed by atoms with van der Waals surface area (Å²) in [5.74, 6) is -0.491. The maximum Gasteiger partial charge on any atom is 0.410 e. The molecule has 2 heterocycles. The van der Waals surface area contributed by atoms with E-state index in [-0.39, 0.29) is 18.3 Å². The SMILES string of the molecule is Cc1c(-c2ccc(F)cc2)[nH]c2ccc(CNC(=O)CN3CCOC3=O)cc12. The quantitative estimate of drug-likeness (QED) is 0.712. The van der Waals surface area contributed by atoms with Crippen LogP contribution in [-0.2, 0) is 16.1 Å². The van der Waals surface area contributed by atoms with E-state index in [1.54, 1.807) is 12.1 Å². The van der Waals surface area contributed by atoms with Crippen molar-refractivity contribution < 1.29 is 18.7 Å². The standard InChI is InChI=1S/C21H20FN3O3/c1-13-17-10-14(11-23-19(26)12-25-8-9-28-21(25)27)2-7-18(17)24-20(13)15-3-5-16(22)6-4-15/h2-7,10,24H,8-9,11-12H2,1H3,(H,23,26). The van der Waals surface area contributed by atoms with E-state index in [1.165, 1.54) is 17.0 Å². The number of aromatic amines is 1. The average molecular weight is 381 g/mol. The first-order chi connectivity index (χ1) is 13.5. The number of H-pyrrole nitrogens is 1. The zero-order valence-corrected chi connectivity index (χ0v) is 15.4. The van der Waals surface area contributed by atoms with Crippen molar-refractivity contribution in [3.63, 3.8) is 0 Å². The van der Waals surface area contributed by atoms with Crippen molar-refractivity contribution in [3.8, 4) is 11.3 Å². The van der Waals surface area contributed by atoms with Crippen LogP contribution in [0.4, 0.5) is 9.18 Å². The predicted molar refractivity (Wildman–Crippen MR) is 103 cm³/mol. The third kappa shape index (κ3) is 3.55. The van der Waals surface area contributed by atoms with Gasteiger partial charge in [0.05, 0.1) is 6.54 Å². The topological polar surface area (TPSA) is 74.4 Å². The Hall–Kier alpha value is -3.35. The van der Waals surface area contributed by atoms with Crippen LogP contribution in [0, 0.1) is 12.7 Å². The molecule has 0 radical (unpaired) electrons. The van der Waals surface area contributed by atoms with E-state index in [9.17, 15) is 14.0 Å². The summed E-state index contributed by atoms with van der Waals surface area (Å²) >= 11 is 0. The maximum atomic E-state index is 13.2. The van der Waals surface area contributed by atoms with Gasteiger partial charge in [-0.2, -0.15) is 0 Å². The van der Waals surface area contributed by atoms with E-state index in [4.69, 9.17) is 4.74 Å². The highest BCUT2D eigenvalue weighted by atomic mass is 19.1. The van der Waals surface area contributed by atoms with E-state index in [2.05, 4.69) is 10.3 Å². The number of aryl methyl sites for hydroxylation is 1. The van der Waals surface area contributed by atoms with Gasteiger partial charge in [0.15, 0.2) is 0 Å². The lowest BCUT2D eigenvalue weighted by Crippen LogP contribution is -2.37. The summed E-state index contributed by atoms with van der Waals surface area (Å²) in [6.45, 7) is 3.14. The first kappa shape index (κ1) is 18.0. The fourth-order valence-corrected chi connectivity index (χ4v) is 3.39. The van der Waals surface area contributed by atoms with Crippen LogP contribution in [0.3, 0.4) is 0 Å². The zero-order valence-electron chi connectivity index (χ0n) is 15.4. The largest absolute Gasteiger partial charge is 0.448 e. The van der Waals surface area contributed by atoms with Crippen LogP contribution in [0.25, 0.3) is 22.2 Å². The van der Waals surface area contributed by atoms with E-state index >= 15 is 0 Å². The lowest BCUT2D eigenvalue weighted by molar-refractivity contribution is -0.121. The van der Waals surface area contributed by atoms with Crippen LogP contribution >= 0.6 is 0 Å². The lowest BCUT2D eigenvalue weighted by Gasteiger charge is -2.12. The highest BCUT2D eigenvalue weighted by Crippen LogP contribution is 2.30. The molecular formula is C21H20FN3O3. The Morgan fingerprint density at radius 3 is 2.75 bits per heavy atom. The third-order valence-corrected chi connectivity index (χ3v) is 4.92. The molecular weight excluding hydrogens is 361 g/mol. The molecule has 2 amide bonds. The second-order valence-corrected chi connectivity index (χ2v) is 6.82. The van der Waals surface area contributed by atoms with E-state index in [1.807, 2.05) is 25.1 Å². The fourth-order valence-electron chi connectivity index (χ4n) is 3.39. The molecule has 0 bridgehead atoms. The van der Waals surface area contributed by atoms with Crippen LogP contribution < -0.4 is 5.32 Å². The number of nitrogens with zero attached hydrogens (tertiary/aromatic N) is 1. The van der Waals surface area contributed by atoms with Crippen LogP contribution in [0.2, 0.25) is 0 Å². The van der Waals surface area contributed by atoms with Gasteiger partial charge in [0.2, 0.25) is 5.91 Å². The van der Waals surface area contributed by atoms with E-state index in [0.29, 0.717) is 19.7 Å². The van der Waals surface area contributed by atoms with Gasteiger partial charge in [0, 0.05) is 23.1 Å².